The van der Waals surface area contributed by atoms with Crippen LogP contribution >= 0.6 is 11.3 Å². The van der Waals surface area contributed by atoms with Crippen molar-refractivity contribution in [3.05, 3.63) is 21.4 Å². The molecule has 1 N–H and O–H groups in total. The van der Waals surface area contributed by atoms with Gasteiger partial charge in [-0.15, -0.1) is 11.3 Å². The first-order valence-corrected chi connectivity index (χ1v) is 7.98. The molecule has 1 fully saturated rings. The van der Waals surface area contributed by atoms with Crippen molar-refractivity contribution in [2.24, 2.45) is 0 Å². The summed E-state index contributed by atoms with van der Waals surface area (Å²) in [6.45, 7) is 10.1. The van der Waals surface area contributed by atoms with Gasteiger partial charge in [-0.2, -0.15) is 0 Å². The SMILES string of the molecule is Cc1cc(C(C)NCCCOC2CCOC2)c(C)s1. The second-order valence-electron chi connectivity index (χ2n) is 5.25. The summed E-state index contributed by atoms with van der Waals surface area (Å²) in [4.78, 5) is 2.82. The van der Waals surface area contributed by atoms with Crippen LogP contribution in [-0.4, -0.2) is 32.5 Å². The van der Waals surface area contributed by atoms with E-state index in [4.69, 9.17) is 9.47 Å². The summed E-state index contributed by atoms with van der Waals surface area (Å²) in [7, 11) is 0. The van der Waals surface area contributed by atoms with Crippen molar-refractivity contribution >= 4 is 11.3 Å². The molecule has 2 unspecified atom stereocenters. The molecule has 0 aliphatic carbocycles. The summed E-state index contributed by atoms with van der Waals surface area (Å²) in [6.07, 6.45) is 2.44. The molecule has 0 bridgehead atoms. The van der Waals surface area contributed by atoms with Crippen molar-refractivity contribution in [2.45, 2.75) is 45.8 Å². The van der Waals surface area contributed by atoms with Crippen LogP contribution in [0.1, 0.15) is 41.1 Å². The predicted octanol–water partition coefficient (Wildman–Crippen LogP) is 3.21. The van der Waals surface area contributed by atoms with E-state index in [0.29, 0.717) is 12.1 Å². The maximum absolute atomic E-state index is 5.76. The maximum Gasteiger partial charge on any atom is 0.0830 e. The van der Waals surface area contributed by atoms with Gasteiger partial charge < -0.3 is 14.8 Å². The highest BCUT2D eigenvalue weighted by Crippen LogP contribution is 2.25. The number of rotatable bonds is 7. The van der Waals surface area contributed by atoms with Gasteiger partial charge in [0.15, 0.2) is 0 Å². The van der Waals surface area contributed by atoms with Crippen LogP contribution < -0.4 is 5.32 Å². The normalized spacial score (nSPS) is 20.9. The van der Waals surface area contributed by atoms with E-state index in [-0.39, 0.29) is 0 Å². The molecule has 3 nitrogen and oxygen atoms in total. The Balaban J connectivity index is 1.61. The average Bonchev–Trinajstić information content (AvgIpc) is 2.98. The molecule has 2 atom stereocenters. The smallest absolute Gasteiger partial charge is 0.0830 e. The molecule has 0 aromatic carbocycles. The number of ether oxygens (including phenoxy) is 2. The van der Waals surface area contributed by atoms with Crippen molar-refractivity contribution in [2.75, 3.05) is 26.4 Å². The first-order valence-electron chi connectivity index (χ1n) is 7.16. The molecule has 19 heavy (non-hydrogen) atoms. The molecule has 1 aromatic heterocycles. The molecule has 4 heteroatoms. The first kappa shape index (κ1) is 15.0. The van der Waals surface area contributed by atoms with Gasteiger partial charge in [0.1, 0.15) is 0 Å². The van der Waals surface area contributed by atoms with Crippen LogP contribution in [0, 0.1) is 13.8 Å². The Morgan fingerprint density at radius 2 is 2.37 bits per heavy atom. The van der Waals surface area contributed by atoms with Gasteiger partial charge in [-0.05, 0) is 51.8 Å². The van der Waals surface area contributed by atoms with Gasteiger partial charge in [-0.3, -0.25) is 0 Å². The largest absolute Gasteiger partial charge is 0.379 e. The molecule has 0 radical (unpaired) electrons. The molecular formula is C15H25NO2S. The van der Waals surface area contributed by atoms with Gasteiger partial charge in [-0.1, -0.05) is 0 Å². The van der Waals surface area contributed by atoms with Crippen LogP contribution in [0.25, 0.3) is 0 Å². The van der Waals surface area contributed by atoms with E-state index in [0.717, 1.165) is 39.2 Å². The Kier molecular flexibility index (Phi) is 5.82. The molecule has 0 amide bonds. The summed E-state index contributed by atoms with van der Waals surface area (Å²) >= 11 is 1.88. The second-order valence-corrected chi connectivity index (χ2v) is 6.71. The molecular weight excluding hydrogens is 258 g/mol. The minimum Gasteiger partial charge on any atom is -0.379 e. The minimum absolute atomic E-state index is 0.333. The highest BCUT2D eigenvalue weighted by atomic mass is 32.1. The van der Waals surface area contributed by atoms with Crippen molar-refractivity contribution < 1.29 is 9.47 Å². The summed E-state index contributed by atoms with van der Waals surface area (Å²) < 4.78 is 11.0. The summed E-state index contributed by atoms with van der Waals surface area (Å²) in [5.74, 6) is 0. The fraction of sp³-hybridized carbons (Fsp3) is 0.733. The zero-order valence-electron chi connectivity index (χ0n) is 12.2. The molecule has 1 saturated heterocycles. The maximum atomic E-state index is 5.76. The molecule has 2 heterocycles. The summed E-state index contributed by atoms with van der Waals surface area (Å²) in [5.41, 5.74) is 1.44. The van der Waals surface area contributed by atoms with Crippen LogP contribution in [0.4, 0.5) is 0 Å². The predicted molar refractivity (Wildman–Crippen MR) is 80.0 cm³/mol. The van der Waals surface area contributed by atoms with E-state index < -0.39 is 0 Å². The molecule has 2 rings (SSSR count). The fourth-order valence-electron chi connectivity index (χ4n) is 2.48. The van der Waals surface area contributed by atoms with Gasteiger partial charge in [0.25, 0.3) is 0 Å². The van der Waals surface area contributed by atoms with E-state index in [2.05, 4.69) is 32.2 Å². The van der Waals surface area contributed by atoms with E-state index in [9.17, 15) is 0 Å². The van der Waals surface area contributed by atoms with E-state index in [1.165, 1.54) is 15.3 Å². The lowest BCUT2D eigenvalue weighted by Gasteiger charge is -2.14. The number of hydrogen-bond donors (Lipinski definition) is 1. The summed E-state index contributed by atoms with van der Waals surface area (Å²) in [5, 5.41) is 3.57. The van der Waals surface area contributed by atoms with Gasteiger partial charge in [0.05, 0.1) is 12.7 Å². The van der Waals surface area contributed by atoms with E-state index in [1.807, 2.05) is 11.3 Å². The number of thiophene rings is 1. The highest BCUT2D eigenvalue weighted by molar-refractivity contribution is 7.12. The van der Waals surface area contributed by atoms with Gasteiger partial charge >= 0.3 is 0 Å². The number of nitrogens with one attached hydrogen (secondary N) is 1. The Bertz CT molecular complexity index is 385. The summed E-state index contributed by atoms with van der Waals surface area (Å²) in [6, 6.07) is 2.73. The molecule has 1 aromatic rings. The average molecular weight is 283 g/mol. The Morgan fingerprint density at radius 1 is 1.53 bits per heavy atom. The zero-order valence-corrected chi connectivity index (χ0v) is 13.0. The third kappa shape index (κ3) is 4.56. The fourth-order valence-corrected chi connectivity index (χ4v) is 3.50. The zero-order chi connectivity index (χ0) is 13.7. The Morgan fingerprint density at radius 3 is 3.00 bits per heavy atom. The molecule has 0 spiro atoms. The quantitative estimate of drug-likeness (QED) is 0.779. The third-order valence-corrected chi connectivity index (χ3v) is 4.54. The van der Waals surface area contributed by atoms with Crippen molar-refractivity contribution in [3.8, 4) is 0 Å². The van der Waals surface area contributed by atoms with Crippen molar-refractivity contribution in [1.29, 1.82) is 0 Å². The number of aryl methyl sites for hydroxylation is 2. The topological polar surface area (TPSA) is 30.5 Å². The van der Waals surface area contributed by atoms with Crippen LogP contribution in [0.5, 0.6) is 0 Å². The lowest BCUT2D eigenvalue weighted by Crippen LogP contribution is -2.22. The molecule has 108 valence electrons. The number of hydrogen-bond acceptors (Lipinski definition) is 4. The molecule has 0 saturated carbocycles. The molecule has 1 aliphatic rings. The third-order valence-electron chi connectivity index (χ3n) is 3.56. The standard InChI is InChI=1S/C15H25NO2S/c1-11-9-15(13(3)19-11)12(2)16-6-4-7-18-14-5-8-17-10-14/h9,12,14,16H,4-8,10H2,1-3H3. The van der Waals surface area contributed by atoms with Gasteiger partial charge in [-0.25, -0.2) is 0 Å². The minimum atomic E-state index is 0.333. The Hall–Kier alpha value is -0.420. The lowest BCUT2D eigenvalue weighted by molar-refractivity contribution is 0.0414. The lowest BCUT2D eigenvalue weighted by atomic mass is 10.1. The first-order chi connectivity index (χ1) is 9.16. The molecule has 1 aliphatic heterocycles. The Labute approximate surface area is 120 Å². The highest BCUT2D eigenvalue weighted by Gasteiger charge is 2.15. The second kappa shape index (κ2) is 7.39. The van der Waals surface area contributed by atoms with Crippen LogP contribution in [0.3, 0.4) is 0 Å². The van der Waals surface area contributed by atoms with Gasteiger partial charge in [0.2, 0.25) is 0 Å². The van der Waals surface area contributed by atoms with Crippen LogP contribution in [0.15, 0.2) is 6.07 Å². The monoisotopic (exact) mass is 283 g/mol. The van der Waals surface area contributed by atoms with Gasteiger partial charge in [0, 0.05) is 29.0 Å². The van der Waals surface area contributed by atoms with Crippen molar-refractivity contribution in [3.63, 3.8) is 0 Å². The van der Waals surface area contributed by atoms with Crippen molar-refractivity contribution in [1.82, 2.24) is 5.32 Å². The van der Waals surface area contributed by atoms with E-state index in [1.54, 1.807) is 0 Å². The van der Waals surface area contributed by atoms with Crippen LogP contribution in [-0.2, 0) is 9.47 Å². The van der Waals surface area contributed by atoms with E-state index >= 15 is 0 Å². The van der Waals surface area contributed by atoms with Crippen LogP contribution in [0.2, 0.25) is 0 Å².